The van der Waals surface area contributed by atoms with Crippen molar-refractivity contribution < 1.29 is 13.2 Å². The molecule has 1 amide bonds. The van der Waals surface area contributed by atoms with Crippen LogP contribution < -0.4 is 5.73 Å². The van der Waals surface area contributed by atoms with Gasteiger partial charge in [0.15, 0.2) is 9.84 Å². The highest BCUT2D eigenvalue weighted by atomic mass is 35.5. The molecule has 2 N–H and O–H groups in total. The molecule has 0 saturated heterocycles. The highest BCUT2D eigenvalue weighted by Gasteiger charge is 2.29. The van der Waals surface area contributed by atoms with Gasteiger partial charge in [-0.3, -0.25) is 4.79 Å². The first kappa shape index (κ1) is 12.0. The van der Waals surface area contributed by atoms with E-state index in [2.05, 4.69) is 0 Å². The standard InChI is InChI=1S/C9H10ClNO3S/c1-6(9(11)12)15(13,14)8-5-3-2-4-7(8)10/h2-6H,1H3,(H2,11,12)/t6-/m0/s1. The number of nitrogens with two attached hydrogens (primary N) is 1. The van der Waals surface area contributed by atoms with Crippen LogP contribution in [0, 0.1) is 0 Å². The number of carbonyl (C=O) groups excluding carboxylic acids is 1. The minimum Gasteiger partial charge on any atom is -0.369 e. The zero-order valence-electron chi connectivity index (χ0n) is 7.98. The lowest BCUT2D eigenvalue weighted by molar-refractivity contribution is -0.117. The monoisotopic (exact) mass is 247 g/mol. The van der Waals surface area contributed by atoms with Crippen molar-refractivity contribution in [2.24, 2.45) is 5.73 Å². The molecule has 0 aliphatic carbocycles. The first-order chi connectivity index (χ1) is 6.87. The summed E-state index contributed by atoms with van der Waals surface area (Å²) in [6.45, 7) is 1.24. The SMILES string of the molecule is C[C@@H](C(N)=O)S(=O)(=O)c1ccccc1Cl. The summed E-state index contributed by atoms with van der Waals surface area (Å²) < 4.78 is 23.6. The van der Waals surface area contributed by atoms with Crippen LogP contribution in [0.4, 0.5) is 0 Å². The average molecular weight is 248 g/mol. The van der Waals surface area contributed by atoms with E-state index >= 15 is 0 Å². The molecule has 1 atom stereocenters. The largest absolute Gasteiger partial charge is 0.369 e. The Morgan fingerprint density at radius 2 is 1.93 bits per heavy atom. The van der Waals surface area contributed by atoms with Gasteiger partial charge >= 0.3 is 0 Å². The van der Waals surface area contributed by atoms with Crippen LogP contribution in [0.1, 0.15) is 6.92 Å². The van der Waals surface area contributed by atoms with Crippen LogP contribution in [-0.4, -0.2) is 19.6 Å². The van der Waals surface area contributed by atoms with E-state index in [0.29, 0.717) is 0 Å². The number of benzene rings is 1. The van der Waals surface area contributed by atoms with Crippen LogP contribution in [0.15, 0.2) is 29.2 Å². The van der Waals surface area contributed by atoms with E-state index in [1.807, 2.05) is 0 Å². The van der Waals surface area contributed by atoms with Crippen LogP contribution in [0.2, 0.25) is 5.02 Å². The number of halogens is 1. The molecule has 0 saturated carbocycles. The lowest BCUT2D eigenvalue weighted by atomic mass is 10.4. The summed E-state index contributed by atoms with van der Waals surface area (Å²) in [5, 5.41) is -1.19. The summed E-state index contributed by atoms with van der Waals surface area (Å²) in [6, 6.07) is 5.93. The summed E-state index contributed by atoms with van der Waals surface area (Å²) in [6.07, 6.45) is 0. The fourth-order valence-electron chi connectivity index (χ4n) is 1.02. The molecule has 1 aromatic rings. The van der Waals surface area contributed by atoms with E-state index in [1.54, 1.807) is 6.07 Å². The first-order valence-corrected chi connectivity index (χ1v) is 6.07. The number of amides is 1. The van der Waals surface area contributed by atoms with Gasteiger partial charge in [-0.05, 0) is 19.1 Å². The minimum atomic E-state index is -3.78. The molecule has 0 radical (unpaired) electrons. The Kier molecular flexibility index (Phi) is 3.36. The van der Waals surface area contributed by atoms with E-state index in [-0.39, 0.29) is 9.92 Å². The molecule has 0 unspecified atom stereocenters. The molecule has 0 aliphatic rings. The van der Waals surface area contributed by atoms with Gasteiger partial charge in [0.25, 0.3) is 0 Å². The second kappa shape index (κ2) is 4.20. The fraction of sp³-hybridized carbons (Fsp3) is 0.222. The van der Waals surface area contributed by atoms with Gasteiger partial charge in [-0.25, -0.2) is 8.42 Å². The molecule has 4 nitrogen and oxygen atoms in total. The zero-order chi connectivity index (χ0) is 11.6. The van der Waals surface area contributed by atoms with Gasteiger partial charge in [-0.2, -0.15) is 0 Å². The number of hydrogen-bond donors (Lipinski definition) is 1. The van der Waals surface area contributed by atoms with Gasteiger partial charge in [-0.1, -0.05) is 23.7 Å². The van der Waals surface area contributed by atoms with E-state index in [1.165, 1.54) is 25.1 Å². The Bertz CT molecular complexity index is 484. The number of rotatable bonds is 3. The predicted octanol–water partition coefficient (Wildman–Crippen LogP) is 0.987. The molecule has 1 aromatic carbocycles. The zero-order valence-corrected chi connectivity index (χ0v) is 9.55. The van der Waals surface area contributed by atoms with Crippen molar-refractivity contribution in [1.29, 1.82) is 0 Å². The van der Waals surface area contributed by atoms with Gasteiger partial charge in [0.05, 0.1) is 9.92 Å². The maximum absolute atomic E-state index is 11.8. The highest BCUT2D eigenvalue weighted by Crippen LogP contribution is 2.24. The van der Waals surface area contributed by atoms with Crippen molar-refractivity contribution in [2.45, 2.75) is 17.1 Å². The van der Waals surface area contributed by atoms with Gasteiger partial charge in [0.1, 0.15) is 5.25 Å². The average Bonchev–Trinajstić information content (AvgIpc) is 2.16. The molecule has 0 aromatic heterocycles. The highest BCUT2D eigenvalue weighted by molar-refractivity contribution is 7.92. The molecule has 0 bridgehead atoms. The summed E-state index contributed by atoms with van der Waals surface area (Å²) >= 11 is 5.73. The summed E-state index contributed by atoms with van der Waals surface area (Å²) in [7, 11) is -3.78. The number of hydrogen-bond acceptors (Lipinski definition) is 3. The van der Waals surface area contributed by atoms with Crippen molar-refractivity contribution in [3.8, 4) is 0 Å². The van der Waals surface area contributed by atoms with Gasteiger partial charge in [0, 0.05) is 0 Å². The molecular formula is C9H10ClNO3S. The van der Waals surface area contributed by atoms with E-state index < -0.39 is 21.0 Å². The first-order valence-electron chi connectivity index (χ1n) is 4.15. The van der Waals surface area contributed by atoms with Crippen LogP contribution in [-0.2, 0) is 14.6 Å². The lowest BCUT2D eigenvalue weighted by Gasteiger charge is -2.10. The lowest BCUT2D eigenvalue weighted by Crippen LogP contribution is -2.33. The van der Waals surface area contributed by atoms with Crippen molar-refractivity contribution >= 4 is 27.3 Å². The van der Waals surface area contributed by atoms with Crippen molar-refractivity contribution in [2.75, 3.05) is 0 Å². The third-order valence-electron chi connectivity index (χ3n) is 2.01. The van der Waals surface area contributed by atoms with Gasteiger partial charge in [-0.15, -0.1) is 0 Å². The van der Waals surface area contributed by atoms with Gasteiger partial charge < -0.3 is 5.73 Å². The fourth-order valence-corrected chi connectivity index (χ4v) is 2.77. The second-order valence-electron chi connectivity index (χ2n) is 3.02. The van der Waals surface area contributed by atoms with E-state index in [0.717, 1.165) is 0 Å². The maximum Gasteiger partial charge on any atom is 0.235 e. The van der Waals surface area contributed by atoms with Crippen molar-refractivity contribution in [1.82, 2.24) is 0 Å². The Balaban J connectivity index is 3.30. The Morgan fingerprint density at radius 3 is 2.40 bits per heavy atom. The quantitative estimate of drug-likeness (QED) is 0.865. The molecule has 0 fully saturated rings. The second-order valence-corrected chi connectivity index (χ2v) is 5.66. The molecule has 0 heterocycles. The smallest absolute Gasteiger partial charge is 0.235 e. The molecule has 0 aliphatic heterocycles. The third-order valence-corrected chi connectivity index (χ3v) is 4.58. The number of sulfone groups is 1. The summed E-state index contributed by atoms with van der Waals surface area (Å²) in [5.41, 5.74) is 4.95. The van der Waals surface area contributed by atoms with Crippen LogP contribution in [0.3, 0.4) is 0 Å². The van der Waals surface area contributed by atoms with Crippen LogP contribution >= 0.6 is 11.6 Å². The Hall–Kier alpha value is -1.07. The molecule has 15 heavy (non-hydrogen) atoms. The molecule has 6 heteroatoms. The van der Waals surface area contributed by atoms with E-state index in [9.17, 15) is 13.2 Å². The maximum atomic E-state index is 11.8. The molecule has 1 rings (SSSR count). The number of primary amides is 1. The molecule has 82 valence electrons. The third kappa shape index (κ3) is 2.30. The Labute approximate surface area is 93.0 Å². The minimum absolute atomic E-state index is 0.0713. The molecule has 0 spiro atoms. The van der Waals surface area contributed by atoms with E-state index in [4.69, 9.17) is 17.3 Å². The van der Waals surface area contributed by atoms with Crippen LogP contribution in [0.5, 0.6) is 0 Å². The van der Waals surface area contributed by atoms with Crippen molar-refractivity contribution in [3.05, 3.63) is 29.3 Å². The normalized spacial score (nSPS) is 13.5. The topological polar surface area (TPSA) is 77.2 Å². The predicted molar refractivity (Wildman–Crippen MR) is 57.3 cm³/mol. The summed E-state index contributed by atoms with van der Waals surface area (Å²) in [5.74, 6) is -0.894. The Morgan fingerprint density at radius 1 is 1.40 bits per heavy atom. The van der Waals surface area contributed by atoms with Crippen molar-refractivity contribution in [3.63, 3.8) is 0 Å². The summed E-state index contributed by atoms with van der Waals surface area (Å²) in [4.78, 5) is 10.8. The van der Waals surface area contributed by atoms with Gasteiger partial charge in [0.2, 0.25) is 5.91 Å². The van der Waals surface area contributed by atoms with Crippen LogP contribution in [0.25, 0.3) is 0 Å². The molecular weight excluding hydrogens is 238 g/mol. The number of carbonyl (C=O) groups is 1.